The fourth-order valence-electron chi connectivity index (χ4n) is 6.67. The van der Waals surface area contributed by atoms with Gasteiger partial charge >= 0.3 is 0 Å². The fourth-order valence-corrected chi connectivity index (χ4v) is 6.67. The van der Waals surface area contributed by atoms with Gasteiger partial charge in [0, 0.05) is 17.3 Å². The third kappa shape index (κ3) is 1.32. The van der Waals surface area contributed by atoms with Crippen molar-refractivity contribution in [3.05, 3.63) is 23.3 Å². The molecule has 2 heteroatoms. The van der Waals surface area contributed by atoms with Crippen molar-refractivity contribution < 1.29 is 9.90 Å². The number of aliphatic hydroxyl groups excluding tert-OH is 1. The number of rotatable bonds is 0. The molecule has 4 saturated carbocycles. The van der Waals surface area contributed by atoms with E-state index >= 15 is 0 Å². The highest BCUT2D eigenvalue weighted by Crippen LogP contribution is 2.72. The summed E-state index contributed by atoms with van der Waals surface area (Å²) in [5.41, 5.74) is 3.53. The summed E-state index contributed by atoms with van der Waals surface area (Å²) in [5.74, 6) is 2.37. The molecule has 1 spiro atoms. The second kappa shape index (κ2) is 3.71. The van der Waals surface area contributed by atoms with E-state index < -0.39 is 0 Å². The second-order valence-electron chi connectivity index (χ2n) is 8.46. The minimum absolute atomic E-state index is 0.112. The van der Waals surface area contributed by atoms with Crippen LogP contribution < -0.4 is 0 Å². The average Bonchev–Trinajstić information content (AvgIpc) is 2.77. The molecular weight excluding hydrogens is 260 g/mol. The lowest BCUT2D eigenvalue weighted by atomic mass is 9.40. The molecule has 0 aromatic rings. The fraction of sp³-hybridized carbons (Fsp3) is 0.737. The van der Waals surface area contributed by atoms with E-state index in [4.69, 9.17) is 0 Å². The Bertz CT molecular complexity index is 601. The predicted octanol–water partition coefficient (Wildman–Crippen LogP) is 3.41. The standard InChI is InChI=1S/C19H24O2/c1-18-6-5-15-13(14(18)2-3-17(18)21)8-11-10-19(15)7-4-12(20)9-16(11)19/h5,9,11,13-14,17,21H,2-4,6-8,10H2,1H3/t11-,13-,14-,17-,18-,19-/m0/s1. The van der Waals surface area contributed by atoms with Crippen LogP contribution in [0.25, 0.3) is 0 Å². The highest BCUT2D eigenvalue weighted by Gasteiger charge is 2.63. The maximum absolute atomic E-state index is 11.8. The molecule has 0 heterocycles. The summed E-state index contributed by atoms with van der Waals surface area (Å²) in [5, 5.41) is 10.4. The van der Waals surface area contributed by atoms with Crippen molar-refractivity contribution in [1.29, 1.82) is 0 Å². The number of ketones is 1. The molecular formula is C19H24O2. The molecule has 2 nitrogen and oxygen atoms in total. The molecule has 112 valence electrons. The van der Waals surface area contributed by atoms with Gasteiger partial charge in [-0.3, -0.25) is 4.79 Å². The molecule has 21 heavy (non-hydrogen) atoms. The highest BCUT2D eigenvalue weighted by molar-refractivity contribution is 5.92. The Balaban J connectivity index is 1.60. The number of fused-ring (bicyclic) bond motifs is 1. The van der Waals surface area contributed by atoms with Gasteiger partial charge < -0.3 is 5.11 Å². The molecule has 6 atom stereocenters. The van der Waals surface area contributed by atoms with Crippen molar-refractivity contribution in [3.63, 3.8) is 0 Å². The van der Waals surface area contributed by atoms with Gasteiger partial charge in [-0.15, -0.1) is 0 Å². The minimum atomic E-state index is -0.112. The number of carbonyl (C=O) groups is 1. The van der Waals surface area contributed by atoms with Gasteiger partial charge in [0.2, 0.25) is 0 Å². The molecule has 1 N–H and O–H groups in total. The first-order valence-corrected chi connectivity index (χ1v) is 8.68. The van der Waals surface area contributed by atoms with Gasteiger partial charge in [-0.25, -0.2) is 0 Å². The van der Waals surface area contributed by atoms with Crippen LogP contribution in [0.5, 0.6) is 0 Å². The smallest absolute Gasteiger partial charge is 0.155 e. The zero-order chi connectivity index (χ0) is 14.4. The summed E-state index contributed by atoms with van der Waals surface area (Å²) in [6.07, 6.45) is 11.9. The SMILES string of the molecule is C[C@]12CC=C3[C@@H](C[C@H]4C[C@@]35CCC(=O)C=C45)[C@@H]1CC[C@@H]2O. The van der Waals surface area contributed by atoms with Gasteiger partial charge in [-0.05, 0) is 62.4 Å². The Labute approximate surface area is 126 Å². The first-order valence-electron chi connectivity index (χ1n) is 8.68. The Hall–Kier alpha value is -0.890. The number of carbonyl (C=O) groups excluding carboxylic acids is 1. The van der Waals surface area contributed by atoms with Crippen LogP contribution in [0, 0.1) is 28.6 Å². The summed E-state index contributed by atoms with van der Waals surface area (Å²) in [6.45, 7) is 2.31. The largest absolute Gasteiger partial charge is 0.393 e. The normalized spacial score (nSPS) is 53.9. The number of allylic oxidation sites excluding steroid dienone is 4. The van der Waals surface area contributed by atoms with Crippen molar-refractivity contribution in [1.82, 2.24) is 0 Å². The molecule has 0 amide bonds. The van der Waals surface area contributed by atoms with Crippen molar-refractivity contribution in [2.75, 3.05) is 0 Å². The van der Waals surface area contributed by atoms with E-state index in [0.29, 0.717) is 23.5 Å². The van der Waals surface area contributed by atoms with Crippen molar-refractivity contribution in [2.45, 2.75) is 58.0 Å². The lowest BCUT2D eigenvalue weighted by Crippen LogP contribution is -2.55. The number of aliphatic hydroxyl groups is 1. The monoisotopic (exact) mass is 284 g/mol. The van der Waals surface area contributed by atoms with Crippen LogP contribution >= 0.6 is 0 Å². The van der Waals surface area contributed by atoms with E-state index in [1.54, 1.807) is 5.57 Å². The average molecular weight is 284 g/mol. The van der Waals surface area contributed by atoms with E-state index in [1.165, 1.54) is 24.8 Å². The van der Waals surface area contributed by atoms with E-state index in [9.17, 15) is 9.90 Å². The Morgan fingerprint density at radius 2 is 2.14 bits per heavy atom. The second-order valence-corrected chi connectivity index (χ2v) is 8.46. The lowest BCUT2D eigenvalue weighted by molar-refractivity contribution is -0.117. The minimum Gasteiger partial charge on any atom is -0.393 e. The van der Waals surface area contributed by atoms with Crippen LogP contribution in [0.3, 0.4) is 0 Å². The van der Waals surface area contributed by atoms with Crippen LogP contribution in [-0.4, -0.2) is 17.0 Å². The van der Waals surface area contributed by atoms with Crippen molar-refractivity contribution >= 4 is 5.78 Å². The van der Waals surface area contributed by atoms with Crippen molar-refractivity contribution in [2.24, 2.45) is 28.6 Å². The molecule has 0 aliphatic heterocycles. The summed E-state index contributed by atoms with van der Waals surface area (Å²) in [4.78, 5) is 11.8. The van der Waals surface area contributed by atoms with E-state index in [1.807, 2.05) is 6.08 Å². The third-order valence-electron chi connectivity index (χ3n) is 7.80. The molecule has 6 rings (SSSR count). The van der Waals surface area contributed by atoms with Crippen molar-refractivity contribution in [3.8, 4) is 0 Å². The summed E-state index contributed by atoms with van der Waals surface area (Å²) in [7, 11) is 0. The first kappa shape index (κ1) is 12.6. The molecule has 2 bridgehead atoms. The summed E-state index contributed by atoms with van der Waals surface area (Å²) < 4.78 is 0. The maximum Gasteiger partial charge on any atom is 0.155 e. The Morgan fingerprint density at radius 1 is 1.29 bits per heavy atom. The van der Waals surface area contributed by atoms with E-state index in [2.05, 4.69) is 13.0 Å². The zero-order valence-corrected chi connectivity index (χ0v) is 12.8. The number of hydrogen-bond donors (Lipinski definition) is 1. The number of hydrogen-bond acceptors (Lipinski definition) is 2. The van der Waals surface area contributed by atoms with Crippen LogP contribution in [0.4, 0.5) is 0 Å². The van der Waals surface area contributed by atoms with Gasteiger partial charge in [0.1, 0.15) is 0 Å². The van der Waals surface area contributed by atoms with Gasteiger partial charge in [0.15, 0.2) is 5.78 Å². The molecule has 0 unspecified atom stereocenters. The van der Waals surface area contributed by atoms with Crippen LogP contribution in [0.15, 0.2) is 23.3 Å². The molecule has 0 saturated heterocycles. The summed E-state index contributed by atoms with van der Waals surface area (Å²) in [6, 6.07) is 0. The summed E-state index contributed by atoms with van der Waals surface area (Å²) >= 11 is 0. The molecule has 0 aromatic heterocycles. The van der Waals surface area contributed by atoms with E-state index in [-0.39, 0.29) is 16.9 Å². The predicted molar refractivity (Wildman–Crippen MR) is 80.5 cm³/mol. The van der Waals surface area contributed by atoms with Crippen LogP contribution in [0.2, 0.25) is 0 Å². The zero-order valence-electron chi connectivity index (χ0n) is 12.8. The Kier molecular flexibility index (Phi) is 2.23. The molecule has 6 aliphatic rings. The van der Waals surface area contributed by atoms with Gasteiger partial charge in [0.25, 0.3) is 0 Å². The Morgan fingerprint density at radius 3 is 3.00 bits per heavy atom. The van der Waals surface area contributed by atoms with Gasteiger partial charge in [-0.2, -0.15) is 0 Å². The first-order chi connectivity index (χ1) is 10.0. The third-order valence-corrected chi connectivity index (χ3v) is 7.80. The maximum atomic E-state index is 11.8. The topological polar surface area (TPSA) is 37.3 Å². The highest BCUT2D eigenvalue weighted by atomic mass is 16.3. The van der Waals surface area contributed by atoms with Crippen LogP contribution in [0.1, 0.15) is 51.9 Å². The molecule has 4 fully saturated rings. The van der Waals surface area contributed by atoms with Crippen LogP contribution in [-0.2, 0) is 4.79 Å². The molecule has 0 aromatic carbocycles. The van der Waals surface area contributed by atoms with Gasteiger partial charge in [-0.1, -0.05) is 24.1 Å². The quantitative estimate of drug-likeness (QED) is 0.692. The van der Waals surface area contributed by atoms with E-state index in [0.717, 1.165) is 25.7 Å². The molecule has 6 aliphatic carbocycles. The van der Waals surface area contributed by atoms with Gasteiger partial charge in [0.05, 0.1) is 6.10 Å². The lowest BCUT2D eigenvalue weighted by Gasteiger charge is -2.64. The molecule has 0 radical (unpaired) electrons.